The van der Waals surface area contributed by atoms with Gasteiger partial charge in [-0.05, 0) is 51.4 Å². The van der Waals surface area contributed by atoms with Crippen molar-refractivity contribution in [3.05, 3.63) is 0 Å². The van der Waals surface area contributed by atoms with Gasteiger partial charge in [-0.15, -0.1) is 0 Å². The summed E-state index contributed by atoms with van der Waals surface area (Å²) in [6.07, 6.45) is 3.83. The lowest BCUT2D eigenvalue weighted by Gasteiger charge is -2.15. The van der Waals surface area contributed by atoms with Crippen LogP contribution in [0.25, 0.3) is 0 Å². The van der Waals surface area contributed by atoms with Crippen LogP contribution in [-0.4, -0.2) is 51.3 Å². The monoisotopic (exact) mass is 214 g/mol. The molecule has 1 rings (SSSR count). The van der Waals surface area contributed by atoms with Crippen LogP contribution >= 0.6 is 0 Å². The first-order valence-electron chi connectivity index (χ1n) is 6.28. The Morgan fingerprint density at radius 2 is 2.27 bits per heavy atom. The van der Waals surface area contributed by atoms with Crippen LogP contribution < -0.4 is 5.32 Å². The van der Waals surface area contributed by atoms with Gasteiger partial charge in [0.15, 0.2) is 0 Å². The second-order valence-corrected chi connectivity index (χ2v) is 4.51. The summed E-state index contributed by atoms with van der Waals surface area (Å²) in [5.74, 6) is 0.776. The second kappa shape index (κ2) is 8.08. The molecule has 0 aromatic rings. The second-order valence-electron chi connectivity index (χ2n) is 4.51. The fourth-order valence-electron chi connectivity index (χ4n) is 2.22. The van der Waals surface area contributed by atoms with Crippen molar-refractivity contribution in [2.24, 2.45) is 5.92 Å². The summed E-state index contributed by atoms with van der Waals surface area (Å²) < 4.78 is 5.19. The van der Waals surface area contributed by atoms with Gasteiger partial charge < -0.3 is 15.0 Å². The minimum atomic E-state index is 0.776. The molecule has 1 unspecified atom stereocenters. The molecule has 0 amide bonds. The first-order chi connectivity index (χ1) is 7.36. The van der Waals surface area contributed by atoms with E-state index in [1.165, 1.54) is 45.4 Å². The third-order valence-corrected chi connectivity index (χ3v) is 3.03. The molecule has 1 aliphatic rings. The van der Waals surface area contributed by atoms with E-state index in [9.17, 15) is 0 Å². The minimum Gasteiger partial charge on any atom is -0.384 e. The highest BCUT2D eigenvalue weighted by molar-refractivity contribution is 4.75. The number of nitrogens with one attached hydrogen (secondary N) is 1. The molecule has 0 aromatic carbocycles. The van der Waals surface area contributed by atoms with Gasteiger partial charge in [0.25, 0.3) is 0 Å². The third-order valence-electron chi connectivity index (χ3n) is 3.03. The van der Waals surface area contributed by atoms with E-state index in [2.05, 4.69) is 17.1 Å². The number of hydrogen-bond donors (Lipinski definition) is 1. The van der Waals surface area contributed by atoms with E-state index in [1.54, 1.807) is 7.11 Å². The van der Waals surface area contributed by atoms with E-state index in [1.807, 2.05) is 0 Å². The van der Waals surface area contributed by atoms with E-state index in [0.717, 1.165) is 19.1 Å². The maximum atomic E-state index is 5.19. The average Bonchev–Trinajstić information content (AvgIpc) is 2.66. The quantitative estimate of drug-likeness (QED) is 0.617. The van der Waals surface area contributed by atoms with Crippen molar-refractivity contribution in [1.29, 1.82) is 0 Å². The molecule has 3 nitrogen and oxygen atoms in total. The third kappa shape index (κ3) is 5.50. The van der Waals surface area contributed by atoms with Crippen LogP contribution in [-0.2, 0) is 4.74 Å². The SMILES string of the molecule is CCCNCCCN1CCC(COC)C1. The van der Waals surface area contributed by atoms with Gasteiger partial charge in [-0.3, -0.25) is 0 Å². The molecule has 1 saturated heterocycles. The van der Waals surface area contributed by atoms with Crippen molar-refractivity contribution in [3.63, 3.8) is 0 Å². The fraction of sp³-hybridized carbons (Fsp3) is 1.00. The first kappa shape index (κ1) is 12.9. The van der Waals surface area contributed by atoms with Gasteiger partial charge in [-0.25, -0.2) is 0 Å². The Morgan fingerprint density at radius 3 is 3.00 bits per heavy atom. The van der Waals surface area contributed by atoms with Gasteiger partial charge in [-0.1, -0.05) is 6.92 Å². The fourth-order valence-corrected chi connectivity index (χ4v) is 2.22. The Bertz CT molecular complexity index is 153. The van der Waals surface area contributed by atoms with Crippen LogP contribution in [0.3, 0.4) is 0 Å². The van der Waals surface area contributed by atoms with Crippen LogP contribution in [0.15, 0.2) is 0 Å². The maximum absolute atomic E-state index is 5.19. The van der Waals surface area contributed by atoms with Crippen LogP contribution in [0, 0.1) is 5.92 Å². The molecule has 1 N–H and O–H groups in total. The van der Waals surface area contributed by atoms with Crippen molar-refractivity contribution in [1.82, 2.24) is 10.2 Å². The molecular weight excluding hydrogens is 188 g/mol. The van der Waals surface area contributed by atoms with Gasteiger partial charge >= 0.3 is 0 Å². The van der Waals surface area contributed by atoms with Crippen molar-refractivity contribution in [2.45, 2.75) is 26.2 Å². The summed E-state index contributed by atoms with van der Waals surface area (Å²) in [6, 6.07) is 0. The summed E-state index contributed by atoms with van der Waals surface area (Å²) in [5.41, 5.74) is 0. The van der Waals surface area contributed by atoms with E-state index >= 15 is 0 Å². The van der Waals surface area contributed by atoms with E-state index in [0.29, 0.717) is 0 Å². The summed E-state index contributed by atoms with van der Waals surface area (Å²) >= 11 is 0. The molecule has 0 bridgehead atoms. The Balaban J connectivity index is 1.94. The van der Waals surface area contributed by atoms with Gasteiger partial charge in [0.1, 0.15) is 0 Å². The lowest BCUT2D eigenvalue weighted by Crippen LogP contribution is -2.26. The number of nitrogens with zero attached hydrogens (tertiary/aromatic N) is 1. The normalized spacial score (nSPS) is 22.4. The molecule has 90 valence electrons. The van der Waals surface area contributed by atoms with E-state index in [4.69, 9.17) is 4.74 Å². The van der Waals surface area contributed by atoms with Crippen molar-refractivity contribution in [3.8, 4) is 0 Å². The number of hydrogen-bond acceptors (Lipinski definition) is 3. The largest absolute Gasteiger partial charge is 0.384 e. The van der Waals surface area contributed by atoms with Crippen molar-refractivity contribution >= 4 is 0 Å². The average molecular weight is 214 g/mol. The Hall–Kier alpha value is -0.120. The molecule has 1 fully saturated rings. The molecule has 1 heterocycles. The summed E-state index contributed by atoms with van der Waals surface area (Å²) in [6.45, 7) is 9.22. The first-order valence-corrected chi connectivity index (χ1v) is 6.28. The summed E-state index contributed by atoms with van der Waals surface area (Å²) in [5, 5.41) is 3.44. The minimum absolute atomic E-state index is 0.776. The predicted octanol–water partition coefficient (Wildman–Crippen LogP) is 1.34. The topological polar surface area (TPSA) is 24.5 Å². The molecule has 3 heteroatoms. The lowest BCUT2D eigenvalue weighted by molar-refractivity contribution is 0.153. The van der Waals surface area contributed by atoms with Gasteiger partial charge in [0, 0.05) is 13.7 Å². The highest BCUT2D eigenvalue weighted by Crippen LogP contribution is 2.15. The molecule has 0 aliphatic carbocycles. The molecule has 1 atom stereocenters. The standard InChI is InChI=1S/C12H26N2O/c1-3-6-13-7-4-8-14-9-5-12(10-14)11-15-2/h12-13H,3-11H2,1-2H3. The zero-order chi connectivity index (χ0) is 10.9. The highest BCUT2D eigenvalue weighted by Gasteiger charge is 2.21. The predicted molar refractivity (Wildman–Crippen MR) is 64.2 cm³/mol. The number of likely N-dealkylation sites (tertiary alicyclic amines) is 1. The Morgan fingerprint density at radius 1 is 1.40 bits per heavy atom. The van der Waals surface area contributed by atoms with Crippen molar-refractivity contribution in [2.75, 3.05) is 46.4 Å². The van der Waals surface area contributed by atoms with Gasteiger partial charge in [0.05, 0.1) is 6.61 Å². The van der Waals surface area contributed by atoms with Crippen LogP contribution in [0.1, 0.15) is 26.2 Å². The van der Waals surface area contributed by atoms with E-state index < -0.39 is 0 Å². The Labute approximate surface area is 94.2 Å². The van der Waals surface area contributed by atoms with Gasteiger partial charge in [-0.2, -0.15) is 0 Å². The lowest BCUT2D eigenvalue weighted by atomic mass is 10.1. The maximum Gasteiger partial charge on any atom is 0.0503 e. The van der Waals surface area contributed by atoms with Crippen molar-refractivity contribution < 1.29 is 4.74 Å². The van der Waals surface area contributed by atoms with Gasteiger partial charge in [0.2, 0.25) is 0 Å². The molecule has 0 aromatic heterocycles. The number of rotatable bonds is 8. The molecule has 15 heavy (non-hydrogen) atoms. The summed E-state index contributed by atoms with van der Waals surface area (Å²) in [7, 11) is 1.80. The molecular formula is C12H26N2O. The molecule has 1 aliphatic heterocycles. The number of methoxy groups -OCH3 is 1. The molecule has 0 radical (unpaired) electrons. The molecule has 0 saturated carbocycles. The van der Waals surface area contributed by atoms with Crippen LogP contribution in [0.2, 0.25) is 0 Å². The number of ether oxygens (including phenoxy) is 1. The van der Waals surface area contributed by atoms with Crippen LogP contribution in [0.5, 0.6) is 0 Å². The summed E-state index contributed by atoms with van der Waals surface area (Å²) in [4.78, 5) is 2.57. The molecule has 0 spiro atoms. The highest BCUT2D eigenvalue weighted by atomic mass is 16.5. The van der Waals surface area contributed by atoms with Crippen LogP contribution in [0.4, 0.5) is 0 Å². The Kier molecular flexibility index (Phi) is 6.98. The van der Waals surface area contributed by atoms with E-state index in [-0.39, 0.29) is 0 Å². The zero-order valence-electron chi connectivity index (χ0n) is 10.3. The zero-order valence-corrected chi connectivity index (χ0v) is 10.3. The smallest absolute Gasteiger partial charge is 0.0503 e.